The third kappa shape index (κ3) is 5.28. The van der Waals surface area contributed by atoms with Crippen molar-refractivity contribution < 1.29 is 19.1 Å². The van der Waals surface area contributed by atoms with Crippen molar-refractivity contribution in [3.8, 4) is 0 Å². The van der Waals surface area contributed by atoms with E-state index in [0.717, 1.165) is 16.7 Å². The number of rotatable bonds is 8. The lowest BCUT2D eigenvalue weighted by Gasteiger charge is -2.49. The molecule has 2 aliphatic rings. The lowest BCUT2D eigenvalue weighted by molar-refractivity contribution is -0.154. The second kappa shape index (κ2) is 11.5. The molecule has 0 aliphatic carbocycles. The number of nitrogens with one attached hydrogen (secondary N) is 1. The molecule has 1 fully saturated rings. The van der Waals surface area contributed by atoms with E-state index in [0.29, 0.717) is 17.2 Å². The zero-order valence-electron chi connectivity index (χ0n) is 22.3. The van der Waals surface area contributed by atoms with E-state index in [4.69, 9.17) is 4.74 Å². The summed E-state index contributed by atoms with van der Waals surface area (Å²) in [6.45, 7) is 0. The second-order valence-electron chi connectivity index (χ2n) is 9.91. The Morgan fingerprint density at radius 1 is 0.976 bits per heavy atom. The predicted molar refractivity (Wildman–Crippen MR) is 156 cm³/mol. The van der Waals surface area contributed by atoms with Crippen LogP contribution in [0.25, 0.3) is 5.57 Å². The smallest absolute Gasteiger partial charge is 0.356 e. The van der Waals surface area contributed by atoms with E-state index in [1.807, 2.05) is 103 Å². The fourth-order valence-corrected chi connectivity index (χ4v) is 6.53. The Labute approximate surface area is 242 Å². The first-order chi connectivity index (χ1) is 20.0. The van der Waals surface area contributed by atoms with Crippen molar-refractivity contribution in [3.63, 3.8) is 0 Å². The average Bonchev–Trinajstić information content (AvgIpc) is 3.44. The zero-order chi connectivity index (χ0) is 28.3. The number of ether oxygens (including phenoxy) is 1. The van der Waals surface area contributed by atoms with Crippen molar-refractivity contribution in [2.24, 2.45) is 7.05 Å². The molecule has 0 radical (unpaired) electrons. The van der Waals surface area contributed by atoms with Crippen molar-refractivity contribution in [2.75, 3.05) is 5.75 Å². The molecule has 2 aliphatic heterocycles. The summed E-state index contributed by atoms with van der Waals surface area (Å²) in [6.07, 6.45) is 2.94. The van der Waals surface area contributed by atoms with E-state index in [1.54, 1.807) is 12.4 Å². The van der Waals surface area contributed by atoms with Gasteiger partial charge in [-0.2, -0.15) is 0 Å². The molecule has 2 atom stereocenters. The predicted octanol–water partition coefficient (Wildman–Crippen LogP) is 4.11. The zero-order valence-corrected chi connectivity index (χ0v) is 23.2. The number of β-lactam (4-membered cyclic amide) rings is 1. The van der Waals surface area contributed by atoms with E-state index >= 15 is 0 Å². The van der Waals surface area contributed by atoms with Gasteiger partial charge < -0.3 is 14.6 Å². The Morgan fingerprint density at radius 2 is 1.59 bits per heavy atom. The number of fused-ring (bicyclic) bond motifs is 1. The molecule has 1 N–H and O–H groups in total. The molecular weight excluding hydrogens is 536 g/mol. The van der Waals surface area contributed by atoms with Crippen LogP contribution in [0.2, 0.25) is 0 Å². The monoisotopic (exact) mass is 564 g/mol. The van der Waals surface area contributed by atoms with Crippen LogP contribution >= 0.6 is 11.8 Å². The van der Waals surface area contributed by atoms with Gasteiger partial charge in [-0.1, -0.05) is 91.0 Å². The molecule has 6 rings (SSSR count). The molecule has 41 heavy (non-hydrogen) atoms. The van der Waals surface area contributed by atoms with Crippen LogP contribution in [-0.2, 0) is 32.6 Å². The normalized spacial score (nSPS) is 18.1. The summed E-state index contributed by atoms with van der Waals surface area (Å²) in [6, 6.07) is 27.7. The van der Waals surface area contributed by atoms with E-state index < -0.39 is 23.5 Å². The van der Waals surface area contributed by atoms with Crippen molar-refractivity contribution in [2.45, 2.75) is 23.9 Å². The fourth-order valence-electron chi connectivity index (χ4n) is 5.19. The highest BCUT2D eigenvalue weighted by molar-refractivity contribution is 8.00. The summed E-state index contributed by atoms with van der Waals surface area (Å²) < 4.78 is 8.02. The fraction of sp³-hybridized carbons (Fsp3) is 0.188. The molecule has 3 heterocycles. The lowest BCUT2D eigenvalue weighted by Crippen LogP contribution is -2.70. The third-order valence-electron chi connectivity index (χ3n) is 7.21. The van der Waals surface area contributed by atoms with Gasteiger partial charge in [0.05, 0.1) is 6.42 Å². The highest BCUT2D eigenvalue weighted by Gasteiger charge is 2.55. The molecule has 1 aromatic heterocycles. The molecule has 2 amide bonds. The highest BCUT2D eigenvalue weighted by Crippen LogP contribution is 2.44. The van der Waals surface area contributed by atoms with Crippen molar-refractivity contribution in [3.05, 3.63) is 132 Å². The summed E-state index contributed by atoms with van der Waals surface area (Å²) in [4.78, 5) is 46.3. The number of esters is 1. The highest BCUT2D eigenvalue weighted by atomic mass is 32.2. The van der Waals surface area contributed by atoms with Crippen molar-refractivity contribution in [1.82, 2.24) is 19.8 Å². The van der Waals surface area contributed by atoms with Gasteiger partial charge in [-0.05, 0) is 16.7 Å². The summed E-state index contributed by atoms with van der Waals surface area (Å²) in [5.74, 6) is -0.197. The maximum absolute atomic E-state index is 14.1. The summed E-state index contributed by atoms with van der Waals surface area (Å²) in [7, 11) is 1.84. The number of benzene rings is 3. The molecule has 4 aromatic rings. The number of carbonyl (C=O) groups excluding carboxylic acids is 3. The van der Waals surface area contributed by atoms with Gasteiger partial charge in [0.2, 0.25) is 5.91 Å². The molecule has 1 unspecified atom stereocenters. The Balaban J connectivity index is 1.30. The van der Waals surface area contributed by atoms with Crippen LogP contribution in [0.1, 0.15) is 28.6 Å². The number of carbonyl (C=O) groups is 3. The Hall–Kier alpha value is -4.63. The van der Waals surface area contributed by atoms with Crippen LogP contribution in [0.15, 0.2) is 109 Å². The van der Waals surface area contributed by atoms with Crippen LogP contribution in [0.4, 0.5) is 0 Å². The molecule has 0 spiro atoms. The topological polar surface area (TPSA) is 93.5 Å². The number of aromatic nitrogens is 2. The Kier molecular flexibility index (Phi) is 7.43. The van der Waals surface area contributed by atoms with Crippen LogP contribution < -0.4 is 5.32 Å². The number of thioether (sulfide) groups is 1. The first kappa shape index (κ1) is 26.6. The molecule has 1 saturated heterocycles. The van der Waals surface area contributed by atoms with Gasteiger partial charge in [-0.15, -0.1) is 11.8 Å². The standard InChI is InChI=1S/C32H28N4O4S/c1-35-18-17-33-29(35)24-20-41-31-26(34-25(37)19-21-11-5-2-6-12-21)30(38)36(31)27(24)32(39)40-28(22-13-7-3-8-14-22)23-15-9-4-10-16-23/h2-18,26,28,31H,19-20H2,1H3,(H,34,37)/t26?,31-/m0/s1. The van der Waals surface area contributed by atoms with Crippen LogP contribution in [-0.4, -0.2) is 49.4 Å². The summed E-state index contributed by atoms with van der Waals surface area (Å²) >= 11 is 1.49. The van der Waals surface area contributed by atoms with E-state index in [1.165, 1.54) is 16.7 Å². The van der Waals surface area contributed by atoms with E-state index in [9.17, 15) is 14.4 Å². The van der Waals surface area contributed by atoms with Gasteiger partial charge in [-0.25, -0.2) is 9.78 Å². The SMILES string of the molecule is Cn1ccnc1C1=C(C(=O)OC(c2ccccc2)c2ccccc2)N2C(=O)C(NC(=O)Cc3ccccc3)[C@@H]2SC1. The van der Waals surface area contributed by atoms with Crippen LogP contribution in [0.3, 0.4) is 0 Å². The van der Waals surface area contributed by atoms with Crippen LogP contribution in [0, 0.1) is 0 Å². The third-order valence-corrected chi connectivity index (χ3v) is 8.49. The van der Waals surface area contributed by atoms with Crippen molar-refractivity contribution >= 4 is 35.1 Å². The number of hydrogen-bond acceptors (Lipinski definition) is 6. The van der Waals surface area contributed by atoms with Crippen LogP contribution in [0.5, 0.6) is 0 Å². The van der Waals surface area contributed by atoms with Gasteiger partial charge >= 0.3 is 5.97 Å². The Bertz CT molecular complexity index is 1560. The molecule has 0 saturated carbocycles. The minimum absolute atomic E-state index is 0.165. The summed E-state index contributed by atoms with van der Waals surface area (Å²) in [5.41, 5.74) is 3.27. The first-order valence-corrected chi connectivity index (χ1v) is 14.4. The van der Waals surface area contributed by atoms with Gasteiger partial charge in [0.1, 0.15) is 22.9 Å². The largest absolute Gasteiger partial charge is 0.448 e. The first-order valence-electron chi connectivity index (χ1n) is 13.3. The molecule has 206 valence electrons. The second-order valence-corrected chi connectivity index (χ2v) is 11.0. The minimum atomic E-state index is -0.735. The number of hydrogen-bond donors (Lipinski definition) is 1. The lowest BCUT2D eigenvalue weighted by atomic mass is 10.00. The molecular formula is C32H28N4O4S. The van der Waals surface area contributed by atoms with Gasteiger partial charge in [-0.3, -0.25) is 14.5 Å². The van der Waals surface area contributed by atoms with E-state index in [-0.39, 0.29) is 23.9 Å². The molecule has 8 nitrogen and oxygen atoms in total. The average molecular weight is 565 g/mol. The number of aryl methyl sites for hydroxylation is 1. The van der Waals surface area contributed by atoms with E-state index in [2.05, 4.69) is 10.3 Å². The van der Waals surface area contributed by atoms with Gasteiger partial charge in [0, 0.05) is 30.8 Å². The quantitative estimate of drug-likeness (QED) is 0.256. The maximum atomic E-state index is 14.1. The molecule has 9 heteroatoms. The maximum Gasteiger partial charge on any atom is 0.356 e. The molecule has 3 aromatic carbocycles. The number of imidazole rings is 1. The minimum Gasteiger partial charge on any atom is -0.448 e. The number of amides is 2. The molecule has 0 bridgehead atoms. The Morgan fingerprint density at radius 3 is 2.17 bits per heavy atom. The number of nitrogens with zero attached hydrogens (tertiary/aromatic N) is 3. The van der Waals surface area contributed by atoms with Crippen molar-refractivity contribution in [1.29, 1.82) is 0 Å². The van der Waals surface area contributed by atoms with Gasteiger partial charge in [0.15, 0.2) is 6.10 Å². The van der Waals surface area contributed by atoms with Gasteiger partial charge in [0.25, 0.3) is 5.91 Å². The summed E-state index contributed by atoms with van der Waals surface area (Å²) in [5, 5.41) is 2.45.